The molecule has 0 radical (unpaired) electrons. The maximum absolute atomic E-state index is 11.7. The van der Waals surface area contributed by atoms with Gasteiger partial charge in [0.2, 0.25) is 10.0 Å². The number of hydrogen-bond acceptors (Lipinski definition) is 3. The van der Waals surface area contributed by atoms with Crippen molar-refractivity contribution in [1.82, 2.24) is 4.31 Å². The van der Waals surface area contributed by atoms with Crippen molar-refractivity contribution >= 4 is 10.0 Å². The van der Waals surface area contributed by atoms with Gasteiger partial charge in [-0.2, -0.15) is 4.31 Å². The van der Waals surface area contributed by atoms with E-state index in [1.807, 2.05) is 6.92 Å². The standard InChI is InChI=1S/C9H19NO3S/c1-3-4-7-14(11,12)10-6-5-9(8-10)13-2/h9H,3-8H2,1-2H3. The first-order valence-electron chi connectivity index (χ1n) is 5.10. The van der Waals surface area contributed by atoms with E-state index in [0.29, 0.717) is 13.1 Å². The molecular weight excluding hydrogens is 202 g/mol. The summed E-state index contributed by atoms with van der Waals surface area (Å²) in [6.07, 6.45) is 2.57. The molecule has 0 aromatic rings. The largest absolute Gasteiger partial charge is 0.380 e. The van der Waals surface area contributed by atoms with Gasteiger partial charge in [-0.3, -0.25) is 0 Å². The molecule has 0 aromatic carbocycles. The van der Waals surface area contributed by atoms with E-state index in [-0.39, 0.29) is 11.9 Å². The van der Waals surface area contributed by atoms with Crippen LogP contribution in [-0.2, 0) is 14.8 Å². The molecule has 1 fully saturated rings. The van der Waals surface area contributed by atoms with Gasteiger partial charge in [0.1, 0.15) is 0 Å². The Kier molecular flexibility index (Phi) is 4.34. The van der Waals surface area contributed by atoms with E-state index in [0.717, 1.165) is 19.3 Å². The monoisotopic (exact) mass is 221 g/mol. The number of hydrogen-bond donors (Lipinski definition) is 0. The smallest absolute Gasteiger partial charge is 0.214 e. The summed E-state index contributed by atoms with van der Waals surface area (Å²) >= 11 is 0. The normalized spacial score (nSPS) is 24.3. The van der Waals surface area contributed by atoms with Crippen LogP contribution in [0.25, 0.3) is 0 Å². The lowest BCUT2D eigenvalue weighted by atomic mass is 10.3. The van der Waals surface area contributed by atoms with Crippen LogP contribution in [0.3, 0.4) is 0 Å². The molecule has 0 bridgehead atoms. The van der Waals surface area contributed by atoms with E-state index in [1.165, 1.54) is 0 Å². The summed E-state index contributed by atoms with van der Waals surface area (Å²) in [4.78, 5) is 0. The molecule has 0 amide bonds. The number of nitrogens with zero attached hydrogens (tertiary/aromatic N) is 1. The highest BCUT2D eigenvalue weighted by Crippen LogP contribution is 2.16. The zero-order chi connectivity index (χ0) is 10.6. The summed E-state index contributed by atoms with van der Waals surface area (Å²) in [5.41, 5.74) is 0. The van der Waals surface area contributed by atoms with E-state index < -0.39 is 10.0 Å². The Morgan fingerprint density at radius 1 is 1.50 bits per heavy atom. The number of sulfonamides is 1. The quantitative estimate of drug-likeness (QED) is 0.691. The van der Waals surface area contributed by atoms with E-state index >= 15 is 0 Å². The molecule has 14 heavy (non-hydrogen) atoms. The molecule has 5 heteroatoms. The highest BCUT2D eigenvalue weighted by Gasteiger charge is 2.30. The Morgan fingerprint density at radius 3 is 2.71 bits per heavy atom. The van der Waals surface area contributed by atoms with E-state index in [9.17, 15) is 8.42 Å². The molecule has 1 atom stereocenters. The van der Waals surface area contributed by atoms with Crippen LogP contribution in [0, 0.1) is 0 Å². The molecule has 4 nitrogen and oxygen atoms in total. The van der Waals surface area contributed by atoms with Crippen molar-refractivity contribution in [3.05, 3.63) is 0 Å². The Morgan fingerprint density at radius 2 is 2.21 bits per heavy atom. The molecule has 0 N–H and O–H groups in total. The number of ether oxygens (including phenoxy) is 1. The molecule has 0 aromatic heterocycles. The van der Waals surface area contributed by atoms with E-state index in [4.69, 9.17) is 4.74 Å². The van der Waals surface area contributed by atoms with Crippen molar-refractivity contribution < 1.29 is 13.2 Å². The average Bonchev–Trinajstić information content (AvgIpc) is 2.63. The molecule has 1 aliphatic heterocycles. The van der Waals surface area contributed by atoms with Crippen LogP contribution in [0.5, 0.6) is 0 Å². The van der Waals surface area contributed by atoms with Crippen LogP contribution in [0.4, 0.5) is 0 Å². The van der Waals surface area contributed by atoms with E-state index in [2.05, 4.69) is 0 Å². The first-order chi connectivity index (χ1) is 6.60. The van der Waals surface area contributed by atoms with Crippen LogP contribution >= 0.6 is 0 Å². The summed E-state index contributed by atoms with van der Waals surface area (Å²) in [7, 11) is -1.38. The molecule has 0 spiro atoms. The highest BCUT2D eigenvalue weighted by molar-refractivity contribution is 7.89. The van der Waals surface area contributed by atoms with Crippen LogP contribution < -0.4 is 0 Å². The summed E-state index contributed by atoms with van der Waals surface area (Å²) in [6, 6.07) is 0. The lowest BCUT2D eigenvalue weighted by Gasteiger charge is -2.15. The minimum absolute atomic E-state index is 0.0893. The molecule has 1 unspecified atom stereocenters. The molecule has 0 saturated carbocycles. The fourth-order valence-electron chi connectivity index (χ4n) is 1.60. The van der Waals surface area contributed by atoms with Gasteiger partial charge in [0, 0.05) is 20.2 Å². The second-order valence-electron chi connectivity index (χ2n) is 3.67. The van der Waals surface area contributed by atoms with Crippen LogP contribution in [0.1, 0.15) is 26.2 Å². The van der Waals surface area contributed by atoms with Gasteiger partial charge in [-0.1, -0.05) is 13.3 Å². The number of methoxy groups -OCH3 is 1. The van der Waals surface area contributed by atoms with Crippen LogP contribution in [-0.4, -0.2) is 44.8 Å². The van der Waals surface area contributed by atoms with Gasteiger partial charge < -0.3 is 4.74 Å². The summed E-state index contributed by atoms with van der Waals surface area (Å²) in [5.74, 6) is 0.278. The predicted molar refractivity (Wildman–Crippen MR) is 55.7 cm³/mol. The molecule has 1 rings (SSSR count). The van der Waals surface area contributed by atoms with Crippen molar-refractivity contribution in [2.45, 2.75) is 32.3 Å². The Bertz CT molecular complexity index is 263. The van der Waals surface area contributed by atoms with Gasteiger partial charge in [-0.15, -0.1) is 0 Å². The minimum Gasteiger partial charge on any atom is -0.380 e. The van der Waals surface area contributed by atoms with Crippen molar-refractivity contribution in [2.24, 2.45) is 0 Å². The first kappa shape index (κ1) is 11.9. The topological polar surface area (TPSA) is 46.6 Å². The average molecular weight is 221 g/mol. The van der Waals surface area contributed by atoms with Gasteiger partial charge in [0.05, 0.1) is 11.9 Å². The second kappa shape index (κ2) is 5.09. The van der Waals surface area contributed by atoms with Crippen molar-refractivity contribution in [2.75, 3.05) is 26.0 Å². The highest BCUT2D eigenvalue weighted by atomic mass is 32.2. The van der Waals surface area contributed by atoms with Crippen molar-refractivity contribution in [1.29, 1.82) is 0 Å². The van der Waals surface area contributed by atoms with E-state index in [1.54, 1.807) is 11.4 Å². The predicted octanol–water partition coefficient (Wildman–Crippen LogP) is 0.837. The Hall–Kier alpha value is -0.130. The third kappa shape index (κ3) is 2.93. The Labute approximate surface area is 86.3 Å². The maximum Gasteiger partial charge on any atom is 0.214 e. The summed E-state index contributed by atoms with van der Waals surface area (Å²) in [6.45, 7) is 3.14. The lowest BCUT2D eigenvalue weighted by Crippen LogP contribution is -2.32. The second-order valence-corrected chi connectivity index (χ2v) is 5.76. The van der Waals surface area contributed by atoms with Crippen LogP contribution in [0.2, 0.25) is 0 Å². The SMILES string of the molecule is CCCCS(=O)(=O)N1CCC(OC)C1. The van der Waals surface area contributed by atoms with Gasteiger partial charge in [-0.25, -0.2) is 8.42 Å². The molecular formula is C9H19NO3S. The minimum atomic E-state index is -3.01. The molecule has 84 valence electrons. The van der Waals surface area contributed by atoms with Gasteiger partial charge in [0.15, 0.2) is 0 Å². The number of rotatable bonds is 5. The van der Waals surface area contributed by atoms with Crippen molar-refractivity contribution in [3.8, 4) is 0 Å². The molecule has 1 heterocycles. The zero-order valence-corrected chi connectivity index (χ0v) is 9.72. The lowest BCUT2D eigenvalue weighted by molar-refractivity contribution is 0.115. The third-order valence-electron chi connectivity index (χ3n) is 2.59. The summed E-state index contributed by atoms with van der Waals surface area (Å²) < 4.78 is 30.1. The molecule has 0 aliphatic carbocycles. The number of unbranched alkanes of at least 4 members (excludes halogenated alkanes) is 1. The fraction of sp³-hybridized carbons (Fsp3) is 1.00. The molecule has 1 aliphatic rings. The van der Waals surface area contributed by atoms with Gasteiger partial charge in [0.25, 0.3) is 0 Å². The van der Waals surface area contributed by atoms with Crippen molar-refractivity contribution in [3.63, 3.8) is 0 Å². The van der Waals surface area contributed by atoms with Crippen LogP contribution in [0.15, 0.2) is 0 Å². The summed E-state index contributed by atoms with van der Waals surface area (Å²) in [5, 5.41) is 0. The fourth-order valence-corrected chi connectivity index (χ4v) is 3.29. The maximum atomic E-state index is 11.7. The molecule has 1 saturated heterocycles. The Balaban J connectivity index is 2.49. The van der Waals surface area contributed by atoms with Gasteiger partial charge in [-0.05, 0) is 12.8 Å². The van der Waals surface area contributed by atoms with Gasteiger partial charge >= 0.3 is 0 Å². The third-order valence-corrected chi connectivity index (χ3v) is 4.51. The zero-order valence-electron chi connectivity index (χ0n) is 8.90. The first-order valence-corrected chi connectivity index (χ1v) is 6.71.